The maximum absolute atomic E-state index is 13.3. The highest BCUT2D eigenvalue weighted by atomic mass is 32.1. The van der Waals surface area contributed by atoms with Crippen LogP contribution in [0, 0.1) is 12.3 Å². The Kier molecular flexibility index (Phi) is 7.77. The fourth-order valence-corrected chi connectivity index (χ4v) is 4.87. The van der Waals surface area contributed by atoms with Gasteiger partial charge in [0.15, 0.2) is 0 Å². The SMILES string of the molecule is CC(=O)O[C@@H]1C[C@@H](C(=O)NC(C)c2ccc(-c3scnc3C)cc2)N(C(=O)C(N)C(C)(C)C)C1. The van der Waals surface area contributed by atoms with E-state index in [1.165, 1.54) is 11.8 Å². The van der Waals surface area contributed by atoms with E-state index in [2.05, 4.69) is 10.3 Å². The van der Waals surface area contributed by atoms with Gasteiger partial charge < -0.3 is 20.7 Å². The smallest absolute Gasteiger partial charge is 0.302 e. The number of esters is 1. The molecule has 1 fully saturated rings. The fourth-order valence-electron chi connectivity index (χ4n) is 4.05. The van der Waals surface area contributed by atoms with Gasteiger partial charge in [-0.1, -0.05) is 45.0 Å². The molecule has 1 aromatic carbocycles. The zero-order valence-corrected chi connectivity index (χ0v) is 21.4. The number of nitrogens with two attached hydrogens (primary N) is 1. The molecule has 1 aliphatic heterocycles. The summed E-state index contributed by atoms with van der Waals surface area (Å²) in [6, 6.07) is 6.19. The summed E-state index contributed by atoms with van der Waals surface area (Å²) < 4.78 is 5.33. The number of aryl methyl sites for hydroxylation is 1. The molecule has 34 heavy (non-hydrogen) atoms. The van der Waals surface area contributed by atoms with Gasteiger partial charge in [-0.25, -0.2) is 4.98 Å². The van der Waals surface area contributed by atoms with Crippen LogP contribution in [-0.2, 0) is 19.1 Å². The second-order valence-electron chi connectivity index (χ2n) is 9.94. The van der Waals surface area contributed by atoms with Crippen LogP contribution in [0.3, 0.4) is 0 Å². The maximum atomic E-state index is 13.3. The molecule has 4 atom stereocenters. The first-order chi connectivity index (χ1) is 15.9. The first-order valence-corrected chi connectivity index (χ1v) is 12.3. The molecule has 0 spiro atoms. The summed E-state index contributed by atoms with van der Waals surface area (Å²) in [5, 5.41) is 3.02. The van der Waals surface area contributed by atoms with Gasteiger partial charge in [-0.3, -0.25) is 14.4 Å². The van der Waals surface area contributed by atoms with Gasteiger partial charge in [0.25, 0.3) is 0 Å². The monoisotopic (exact) mass is 486 g/mol. The minimum absolute atomic E-state index is 0.150. The average molecular weight is 487 g/mol. The van der Waals surface area contributed by atoms with Crippen LogP contribution in [0.5, 0.6) is 0 Å². The third-order valence-electron chi connectivity index (χ3n) is 6.16. The van der Waals surface area contributed by atoms with E-state index in [-0.39, 0.29) is 30.8 Å². The molecule has 3 rings (SSSR count). The number of rotatable bonds is 6. The van der Waals surface area contributed by atoms with Crippen LogP contribution < -0.4 is 11.1 Å². The number of likely N-dealkylation sites (tertiary alicyclic amines) is 1. The minimum atomic E-state index is -0.779. The van der Waals surface area contributed by atoms with Crippen molar-refractivity contribution in [2.75, 3.05) is 6.54 Å². The van der Waals surface area contributed by atoms with Gasteiger partial charge >= 0.3 is 5.97 Å². The van der Waals surface area contributed by atoms with E-state index in [0.717, 1.165) is 21.7 Å². The highest BCUT2D eigenvalue weighted by Gasteiger charge is 2.44. The molecule has 184 valence electrons. The number of carbonyl (C=O) groups is 3. The lowest BCUT2D eigenvalue weighted by Crippen LogP contribution is -2.55. The van der Waals surface area contributed by atoms with Crippen molar-refractivity contribution in [2.45, 2.75) is 72.2 Å². The van der Waals surface area contributed by atoms with Crippen LogP contribution in [0.4, 0.5) is 0 Å². The van der Waals surface area contributed by atoms with Crippen molar-refractivity contribution in [2.24, 2.45) is 11.1 Å². The Hall–Kier alpha value is -2.78. The predicted molar refractivity (Wildman–Crippen MR) is 132 cm³/mol. The summed E-state index contributed by atoms with van der Waals surface area (Å²) >= 11 is 1.59. The minimum Gasteiger partial charge on any atom is -0.461 e. The Morgan fingerprint density at radius 1 is 1.24 bits per heavy atom. The predicted octanol–water partition coefficient (Wildman–Crippen LogP) is 3.20. The topological polar surface area (TPSA) is 115 Å². The first-order valence-electron chi connectivity index (χ1n) is 11.4. The molecule has 9 heteroatoms. The second-order valence-corrected chi connectivity index (χ2v) is 10.8. The Labute approximate surface area is 204 Å². The molecule has 1 aliphatic rings. The van der Waals surface area contributed by atoms with Crippen LogP contribution in [0.2, 0.25) is 0 Å². The lowest BCUT2D eigenvalue weighted by Gasteiger charge is -2.32. The Bertz CT molecular complexity index is 1040. The number of hydrogen-bond acceptors (Lipinski definition) is 7. The molecule has 2 unspecified atom stereocenters. The first kappa shape index (κ1) is 25.8. The van der Waals surface area contributed by atoms with E-state index in [1.54, 1.807) is 11.3 Å². The molecule has 2 heterocycles. The molecule has 3 N–H and O–H groups in total. The van der Waals surface area contributed by atoms with Crippen molar-refractivity contribution in [1.29, 1.82) is 0 Å². The number of carbonyl (C=O) groups excluding carboxylic acids is 3. The zero-order chi connectivity index (χ0) is 25.2. The molecular formula is C25H34N4O4S. The van der Waals surface area contributed by atoms with E-state index in [0.29, 0.717) is 0 Å². The molecule has 0 aliphatic carbocycles. The molecule has 1 aromatic heterocycles. The van der Waals surface area contributed by atoms with E-state index in [9.17, 15) is 14.4 Å². The number of nitrogens with zero attached hydrogens (tertiary/aromatic N) is 2. The standard InChI is InChI=1S/C25H34N4O4S/c1-14(17-7-9-18(10-8-17)21-15(2)27-13-34-21)28-23(31)20-11-19(33-16(3)30)12-29(20)24(32)22(26)25(4,5)6/h7-10,13-14,19-20,22H,11-12,26H2,1-6H3,(H,28,31)/t14?,19-,20+,22?/m1/s1. The van der Waals surface area contributed by atoms with Gasteiger partial charge in [0.05, 0.1) is 34.7 Å². The van der Waals surface area contributed by atoms with Crippen LogP contribution in [0.15, 0.2) is 29.8 Å². The van der Waals surface area contributed by atoms with Crippen molar-refractivity contribution in [1.82, 2.24) is 15.2 Å². The van der Waals surface area contributed by atoms with Crippen molar-refractivity contribution < 1.29 is 19.1 Å². The molecule has 8 nitrogen and oxygen atoms in total. The largest absolute Gasteiger partial charge is 0.461 e. The van der Waals surface area contributed by atoms with Gasteiger partial charge in [-0.15, -0.1) is 11.3 Å². The van der Waals surface area contributed by atoms with Crippen molar-refractivity contribution >= 4 is 29.1 Å². The zero-order valence-electron chi connectivity index (χ0n) is 20.6. The maximum Gasteiger partial charge on any atom is 0.302 e. The molecule has 2 amide bonds. The summed E-state index contributed by atoms with van der Waals surface area (Å²) in [5.74, 6) is -1.05. The van der Waals surface area contributed by atoms with Gasteiger partial charge in [-0.05, 0) is 30.4 Å². The average Bonchev–Trinajstić information content (AvgIpc) is 3.37. The molecule has 1 saturated heterocycles. The van der Waals surface area contributed by atoms with Crippen molar-refractivity contribution in [3.63, 3.8) is 0 Å². The van der Waals surface area contributed by atoms with Gasteiger partial charge in [0, 0.05) is 13.3 Å². The quantitative estimate of drug-likeness (QED) is 0.606. The van der Waals surface area contributed by atoms with E-state index in [4.69, 9.17) is 10.5 Å². The summed E-state index contributed by atoms with van der Waals surface area (Å²) in [4.78, 5) is 44.8. The second kappa shape index (κ2) is 10.2. The van der Waals surface area contributed by atoms with Crippen molar-refractivity contribution in [3.05, 3.63) is 41.0 Å². The molecule has 0 saturated carbocycles. The van der Waals surface area contributed by atoms with Crippen LogP contribution >= 0.6 is 11.3 Å². The Balaban J connectivity index is 1.74. The molecule has 2 aromatic rings. The number of hydrogen-bond donors (Lipinski definition) is 2. The van der Waals surface area contributed by atoms with Gasteiger partial charge in [0.2, 0.25) is 11.8 Å². The van der Waals surface area contributed by atoms with Gasteiger partial charge in [0.1, 0.15) is 12.1 Å². The van der Waals surface area contributed by atoms with Crippen molar-refractivity contribution in [3.8, 4) is 10.4 Å². The Morgan fingerprint density at radius 3 is 2.41 bits per heavy atom. The van der Waals surface area contributed by atoms with E-state index >= 15 is 0 Å². The van der Waals surface area contributed by atoms with Crippen LogP contribution in [0.25, 0.3) is 10.4 Å². The lowest BCUT2D eigenvalue weighted by atomic mass is 9.86. The number of thiazole rings is 1. The van der Waals surface area contributed by atoms with E-state index in [1.807, 2.05) is 64.4 Å². The van der Waals surface area contributed by atoms with E-state index < -0.39 is 29.6 Å². The number of amides is 2. The highest BCUT2D eigenvalue weighted by Crippen LogP contribution is 2.29. The molecular weight excluding hydrogens is 452 g/mol. The fraction of sp³-hybridized carbons (Fsp3) is 0.520. The molecule has 0 radical (unpaired) electrons. The third-order valence-corrected chi connectivity index (χ3v) is 7.13. The molecule has 0 bridgehead atoms. The summed E-state index contributed by atoms with van der Waals surface area (Å²) in [6.07, 6.45) is -0.300. The normalized spacial score (nSPS) is 20.0. The number of ether oxygens (including phenoxy) is 1. The summed E-state index contributed by atoms with van der Waals surface area (Å²) in [7, 11) is 0. The highest BCUT2D eigenvalue weighted by molar-refractivity contribution is 7.13. The number of aromatic nitrogens is 1. The Morgan fingerprint density at radius 2 is 1.88 bits per heavy atom. The third kappa shape index (κ3) is 5.82. The van der Waals surface area contributed by atoms with Crippen LogP contribution in [0.1, 0.15) is 58.3 Å². The summed E-state index contributed by atoms with van der Waals surface area (Å²) in [6.45, 7) is 11.0. The lowest BCUT2D eigenvalue weighted by molar-refractivity contribution is -0.147. The number of nitrogens with one attached hydrogen (secondary N) is 1. The van der Waals surface area contributed by atoms with Gasteiger partial charge in [-0.2, -0.15) is 0 Å². The van der Waals surface area contributed by atoms with Crippen LogP contribution in [-0.4, -0.2) is 52.4 Å². The number of benzene rings is 1. The summed E-state index contributed by atoms with van der Waals surface area (Å²) in [5.41, 5.74) is 10.6.